The van der Waals surface area contributed by atoms with Crippen molar-refractivity contribution in [2.24, 2.45) is 5.41 Å². The Hall–Kier alpha value is -2.06. The van der Waals surface area contributed by atoms with Gasteiger partial charge in [-0.25, -0.2) is 0 Å². The van der Waals surface area contributed by atoms with Crippen LogP contribution in [0.4, 0.5) is 0 Å². The van der Waals surface area contributed by atoms with E-state index < -0.39 is 0 Å². The lowest BCUT2D eigenvalue weighted by Gasteiger charge is -2.50. The van der Waals surface area contributed by atoms with Crippen molar-refractivity contribution in [2.45, 2.75) is 24.7 Å². The lowest BCUT2D eigenvalue weighted by atomic mass is 9.54. The quantitative estimate of drug-likeness (QED) is 0.889. The minimum Gasteiger partial charge on any atom is -0.497 e. The third-order valence-electron chi connectivity index (χ3n) is 6.40. The lowest BCUT2D eigenvalue weighted by molar-refractivity contribution is 0.225. The fourth-order valence-corrected chi connectivity index (χ4v) is 5.21. The molecule has 0 amide bonds. The highest BCUT2D eigenvalue weighted by atomic mass is 16.5. The molecular formula is C22H23NO. The second kappa shape index (κ2) is 5.22. The third-order valence-corrected chi connectivity index (χ3v) is 6.40. The van der Waals surface area contributed by atoms with Crippen molar-refractivity contribution >= 4 is 5.57 Å². The van der Waals surface area contributed by atoms with Crippen LogP contribution in [0, 0.1) is 5.41 Å². The summed E-state index contributed by atoms with van der Waals surface area (Å²) in [5, 5.41) is 3.62. The van der Waals surface area contributed by atoms with Gasteiger partial charge in [-0.2, -0.15) is 0 Å². The van der Waals surface area contributed by atoms with E-state index in [1.807, 2.05) is 0 Å². The van der Waals surface area contributed by atoms with Gasteiger partial charge in [0.2, 0.25) is 0 Å². The minimum atomic E-state index is 0.426. The van der Waals surface area contributed by atoms with Crippen LogP contribution >= 0.6 is 0 Å². The summed E-state index contributed by atoms with van der Waals surface area (Å²) < 4.78 is 5.32. The molecule has 2 bridgehead atoms. The van der Waals surface area contributed by atoms with Crippen LogP contribution in [0.15, 0.2) is 54.6 Å². The minimum absolute atomic E-state index is 0.426. The molecule has 0 unspecified atom stereocenters. The molecule has 1 heterocycles. The van der Waals surface area contributed by atoms with Gasteiger partial charge in [0.15, 0.2) is 0 Å². The third kappa shape index (κ3) is 1.93. The molecule has 1 aliphatic heterocycles. The Morgan fingerprint density at radius 1 is 1.04 bits per heavy atom. The summed E-state index contributed by atoms with van der Waals surface area (Å²) in [6.45, 7) is 2.33. The van der Waals surface area contributed by atoms with Crippen LogP contribution in [-0.2, 0) is 0 Å². The van der Waals surface area contributed by atoms with Crippen LogP contribution in [0.3, 0.4) is 0 Å². The fourth-order valence-electron chi connectivity index (χ4n) is 5.21. The average molecular weight is 317 g/mol. The van der Waals surface area contributed by atoms with E-state index in [1.54, 1.807) is 18.2 Å². The van der Waals surface area contributed by atoms with Crippen molar-refractivity contribution in [1.29, 1.82) is 0 Å². The van der Waals surface area contributed by atoms with Crippen molar-refractivity contribution in [1.82, 2.24) is 5.32 Å². The Balaban J connectivity index is 1.63. The van der Waals surface area contributed by atoms with E-state index in [0.717, 1.165) is 18.8 Å². The first-order valence-corrected chi connectivity index (χ1v) is 8.96. The van der Waals surface area contributed by atoms with Gasteiger partial charge in [0, 0.05) is 18.4 Å². The Morgan fingerprint density at radius 3 is 2.54 bits per heavy atom. The smallest absolute Gasteiger partial charge is 0.118 e. The van der Waals surface area contributed by atoms with Gasteiger partial charge in [-0.3, -0.25) is 0 Å². The maximum atomic E-state index is 5.32. The van der Waals surface area contributed by atoms with Crippen molar-refractivity contribution in [3.05, 3.63) is 71.3 Å². The number of methoxy groups -OCH3 is 1. The molecule has 4 aliphatic rings. The number of allylic oxidation sites excluding steroid dienone is 2. The van der Waals surface area contributed by atoms with Crippen molar-refractivity contribution in [2.75, 3.05) is 20.2 Å². The largest absolute Gasteiger partial charge is 0.497 e. The molecule has 122 valence electrons. The predicted octanol–water partition coefficient (Wildman–Crippen LogP) is 4.34. The SMILES string of the molecule is COc1ccc(C2=C[C@@H]3c4ccccc4[C@H]2C[C@]32CCNC2)cc1. The van der Waals surface area contributed by atoms with Crippen molar-refractivity contribution in [3.8, 4) is 5.75 Å². The van der Waals surface area contributed by atoms with E-state index in [9.17, 15) is 0 Å². The lowest BCUT2D eigenvalue weighted by Crippen LogP contribution is -2.40. The maximum Gasteiger partial charge on any atom is 0.118 e. The summed E-state index contributed by atoms with van der Waals surface area (Å²) in [5.41, 5.74) is 6.40. The first-order chi connectivity index (χ1) is 11.8. The number of hydrogen-bond acceptors (Lipinski definition) is 2. The number of hydrogen-bond donors (Lipinski definition) is 1. The van der Waals surface area contributed by atoms with Gasteiger partial charge < -0.3 is 10.1 Å². The van der Waals surface area contributed by atoms with Gasteiger partial charge in [-0.15, -0.1) is 0 Å². The number of rotatable bonds is 2. The topological polar surface area (TPSA) is 21.3 Å². The molecule has 2 heteroatoms. The molecule has 2 nitrogen and oxygen atoms in total. The average Bonchev–Trinajstić information content (AvgIpc) is 3.10. The highest BCUT2D eigenvalue weighted by Gasteiger charge is 2.51. The molecule has 0 saturated carbocycles. The first kappa shape index (κ1) is 14.3. The van der Waals surface area contributed by atoms with Crippen LogP contribution in [0.25, 0.3) is 5.57 Å². The standard InChI is InChI=1S/C22H23NO/c1-24-16-8-6-15(7-9-16)19-12-21-18-5-3-2-4-17(18)20(19)13-22(21)10-11-23-14-22/h2-9,12,20-21,23H,10-11,13-14H2,1H3/t20-,21-,22+/m1/s1. The molecule has 1 saturated heterocycles. The van der Waals surface area contributed by atoms with Crippen LogP contribution in [0.5, 0.6) is 5.75 Å². The van der Waals surface area contributed by atoms with Gasteiger partial charge in [0.05, 0.1) is 7.11 Å². The molecule has 3 atom stereocenters. The van der Waals surface area contributed by atoms with E-state index in [4.69, 9.17) is 4.74 Å². The number of ether oxygens (including phenoxy) is 1. The molecular weight excluding hydrogens is 294 g/mol. The zero-order valence-electron chi connectivity index (χ0n) is 14.1. The second-order valence-corrected chi connectivity index (χ2v) is 7.50. The Labute approximate surface area is 143 Å². The number of nitrogens with one attached hydrogen (secondary N) is 1. The van der Waals surface area contributed by atoms with E-state index in [2.05, 4.69) is 59.9 Å². The van der Waals surface area contributed by atoms with Gasteiger partial charge in [0.1, 0.15) is 5.75 Å². The summed E-state index contributed by atoms with van der Waals surface area (Å²) in [7, 11) is 1.73. The molecule has 1 spiro atoms. The zero-order valence-corrected chi connectivity index (χ0v) is 14.1. The second-order valence-electron chi connectivity index (χ2n) is 7.50. The van der Waals surface area contributed by atoms with E-state index in [-0.39, 0.29) is 0 Å². The molecule has 1 N–H and O–H groups in total. The summed E-state index contributed by atoms with van der Waals surface area (Å²) >= 11 is 0. The van der Waals surface area contributed by atoms with E-state index in [0.29, 0.717) is 17.3 Å². The molecule has 2 aromatic rings. The molecule has 24 heavy (non-hydrogen) atoms. The molecule has 1 fully saturated rings. The molecule has 3 aliphatic carbocycles. The van der Waals surface area contributed by atoms with Crippen LogP contribution in [0.2, 0.25) is 0 Å². The van der Waals surface area contributed by atoms with Crippen molar-refractivity contribution < 1.29 is 4.74 Å². The Bertz CT molecular complexity index is 799. The Kier molecular flexibility index (Phi) is 3.11. The molecule has 0 aromatic heterocycles. The van der Waals surface area contributed by atoms with Gasteiger partial charge >= 0.3 is 0 Å². The van der Waals surface area contributed by atoms with Crippen molar-refractivity contribution in [3.63, 3.8) is 0 Å². The van der Waals surface area contributed by atoms with Crippen LogP contribution in [0.1, 0.15) is 41.4 Å². The van der Waals surface area contributed by atoms with Gasteiger partial charge in [-0.05, 0) is 59.2 Å². The summed E-state index contributed by atoms with van der Waals surface area (Å²) in [4.78, 5) is 0. The van der Waals surface area contributed by atoms with E-state index in [1.165, 1.54) is 24.0 Å². The van der Waals surface area contributed by atoms with Gasteiger partial charge in [-0.1, -0.05) is 42.5 Å². The monoisotopic (exact) mass is 317 g/mol. The van der Waals surface area contributed by atoms with E-state index >= 15 is 0 Å². The van der Waals surface area contributed by atoms with Gasteiger partial charge in [0.25, 0.3) is 0 Å². The molecule has 6 rings (SSSR count). The first-order valence-electron chi connectivity index (χ1n) is 8.96. The summed E-state index contributed by atoms with van der Waals surface area (Å²) in [6, 6.07) is 17.7. The maximum absolute atomic E-state index is 5.32. The highest BCUT2D eigenvalue weighted by Crippen LogP contribution is 2.61. The van der Waals surface area contributed by atoms with Crippen LogP contribution < -0.4 is 10.1 Å². The molecule has 2 aromatic carbocycles. The molecule has 0 radical (unpaired) electrons. The summed E-state index contributed by atoms with van der Waals surface area (Å²) in [6.07, 6.45) is 5.15. The predicted molar refractivity (Wildman–Crippen MR) is 97.4 cm³/mol. The normalized spacial score (nSPS) is 30.3. The highest BCUT2D eigenvalue weighted by molar-refractivity contribution is 5.77. The number of benzene rings is 2. The Morgan fingerprint density at radius 2 is 1.83 bits per heavy atom. The van der Waals surface area contributed by atoms with Crippen LogP contribution in [-0.4, -0.2) is 20.2 Å². The fraction of sp³-hybridized carbons (Fsp3) is 0.364. The summed E-state index contributed by atoms with van der Waals surface area (Å²) in [5.74, 6) is 2.00. The zero-order chi connectivity index (χ0) is 16.1.